The smallest absolute Gasteiger partial charge is 0.311 e. The van der Waals surface area contributed by atoms with Gasteiger partial charge in [-0.15, -0.1) is 0 Å². The molecule has 6 nitrogen and oxygen atoms in total. The number of carbonyl (C=O) groups is 2. The largest absolute Gasteiger partial charge is 0.490 e. The summed E-state index contributed by atoms with van der Waals surface area (Å²) in [5, 5.41) is 9.30. The fourth-order valence-electron chi connectivity index (χ4n) is 2.73. The lowest BCUT2D eigenvalue weighted by Crippen LogP contribution is -2.34. The highest BCUT2D eigenvalue weighted by molar-refractivity contribution is 5.95. The summed E-state index contributed by atoms with van der Waals surface area (Å²) in [6.07, 6.45) is 1.35. The Balaban J connectivity index is 2.18. The van der Waals surface area contributed by atoms with Crippen LogP contribution in [0.5, 0.6) is 11.5 Å². The normalized spacial score (nSPS) is 20.0. The zero-order chi connectivity index (χ0) is 17.7. The van der Waals surface area contributed by atoms with Gasteiger partial charge in [0, 0.05) is 18.7 Å². The van der Waals surface area contributed by atoms with E-state index in [9.17, 15) is 14.7 Å². The van der Waals surface area contributed by atoms with E-state index in [1.54, 1.807) is 30.0 Å². The van der Waals surface area contributed by atoms with Crippen molar-refractivity contribution < 1.29 is 24.2 Å². The van der Waals surface area contributed by atoms with Gasteiger partial charge in [-0.05, 0) is 44.9 Å². The molecule has 1 aromatic carbocycles. The zero-order valence-electron chi connectivity index (χ0n) is 14.5. The Labute approximate surface area is 142 Å². The Morgan fingerprint density at radius 1 is 1.25 bits per heavy atom. The first-order valence-corrected chi connectivity index (χ1v) is 8.33. The third-order valence-electron chi connectivity index (χ3n) is 4.23. The van der Waals surface area contributed by atoms with E-state index in [4.69, 9.17) is 9.47 Å². The van der Waals surface area contributed by atoms with Crippen LogP contribution in [-0.4, -0.2) is 48.2 Å². The second kappa shape index (κ2) is 7.55. The summed E-state index contributed by atoms with van der Waals surface area (Å²) in [5.41, 5.74) is -0.389. The van der Waals surface area contributed by atoms with E-state index in [1.807, 2.05) is 13.8 Å². The average molecular weight is 335 g/mol. The minimum Gasteiger partial charge on any atom is -0.490 e. The summed E-state index contributed by atoms with van der Waals surface area (Å²) in [7, 11) is 0. The lowest BCUT2D eigenvalue weighted by Gasteiger charge is -2.21. The number of carboxylic acid groups (broad SMARTS) is 1. The van der Waals surface area contributed by atoms with E-state index in [0.29, 0.717) is 43.2 Å². The topological polar surface area (TPSA) is 76.1 Å². The molecule has 0 bridgehead atoms. The molecule has 6 heteroatoms. The molecule has 1 aliphatic rings. The third-order valence-corrected chi connectivity index (χ3v) is 4.23. The number of ether oxygens (including phenoxy) is 2. The minimum atomic E-state index is -0.872. The maximum absolute atomic E-state index is 12.7. The van der Waals surface area contributed by atoms with Gasteiger partial charge >= 0.3 is 5.97 Å². The number of carboxylic acids is 1. The molecule has 0 radical (unpaired) electrons. The molecule has 1 aliphatic heterocycles. The van der Waals surface area contributed by atoms with E-state index in [0.717, 1.165) is 6.42 Å². The quantitative estimate of drug-likeness (QED) is 0.829. The van der Waals surface area contributed by atoms with Crippen molar-refractivity contribution in [3.63, 3.8) is 0 Å². The van der Waals surface area contributed by atoms with E-state index in [1.165, 1.54) is 0 Å². The van der Waals surface area contributed by atoms with Crippen LogP contribution in [0.4, 0.5) is 0 Å². The molecule has 1 atom stereocenters. The molecule has 0 aromatic heterocycles. The van der Waals surface area contributed by atoms with Crippen LogP contribution in [0.15, 0.2) is 18.2 Å². The van der Waals surface area contributed by atoms with Gasteiger partial charge in [0.05, 0.1) is 18.6 Å². The van der Waals surface area contributed by atoms with Gasteiger partial charge < -0.3 is 19.5 Å². The third kappa shape index (κ3) is 3.80. The Kier molecular flexibility index (Phi) is 5.70. The molecule has 1 heterocycles. The molecular weight excluding hydrogens is 310 g/mol. The first-order valence-electron chi connectivity index (χ1n) is 8.33. The number of aliphatic carboxylic acids is 1. The molecule has 0 saturated carbocycles. The van der Waals surface area contributed by atoms with Gasteiger partial charge in [0.2, 0.25) is 0 Å². The molecule has 0 spiro atoms. The van der Waals surface area contributed by atoms with E-state index >= 15 is 0 Å². The van der Waals surface area contributed by atoms with Crippen molar-refractivity contribution in [2.24, 2.45) is 5.41 Å². The van der Waals surface area contributed by atoms with Crippen LogP contribution >= 0.6 is 0 Å². The van der Waals surface area contributed by atoms with Crippen molar-refractivity contribution in [1.29, 1.82) is 0 Å². The van der Waals surface area contributed by atoms with Gasteiger partial charge in [-0.3, -0.25) is 9.59 Å². The van der Waals surface area contributed by atoms with E-state index in [2.05, 4.69) is 0 Å². The van der Waals surface area contributed by atoms with Crippen LogP contribution in [0.2, 0.25) is 0 Å². The highest BCUT2D eigenvalue weighted by Gasteiger charge is 2.42. The number of benzene rings is 1. The number of hydrogen-bond acceptors (Lipinski definition) is 4. The molecule has 1 saturated heterocycles. The molecular formula is C18H25NO5. The fraction of sp³-hybridized carbons (Fsp3) is 0.556. The standard InChI is InChI=1S/C18H25NO5/c1-4-10-24-14-7-6-13(11-15(14)23-5-2)16(20)19-9-8-18(3,12-19)17(21)22/h6-7,11H,4-5,8-10,12H2,1-3H3,(H,21,22). The molecule has 1 amide bonds. The predicted octanol–water partition coefficient (Wildman–Crippen LogP) is 2.81. The zero-order valence-corrected chi connectivity index (χ0v) is 14.5. The van der Waals surface area contributed by atoms with Crippen molar-refractivity contribution in [3.05, 3.63) is 23.8 Å². The minimum absolute atomic E-state index is 0.178. The second-order valence-electron chi connectivity index (χ2n) is 6.29. The maximum atomic E-state index is 12.7. The SMILES string of the molecule is CCCOc1ccc(C(=O)N2CCC(C)(C(=O)O)C2)cc1OCC. The number of amides is 1. The highest BCUT2D eigenvalue weighted by atomic mass is 16.5. The number of nitrogens with zero attached hydrogens (tertiary/aromatic N) is 1. The van der Waals surface area contributed by atoms with Crippen molar-refractivity contribution in [3.8, 4) is 11.5 Å². The van der Waals surface area contributed by atoms with Crippen LogP contribution in [0, 0.1) is 5.41 Å². The van der Waals surface area contributed by atoms with Gasteiger partial charge in [0.25, 0.3) is 5.91 Å². The van der Waals surface area contributed by atoms with Crippen molar-refractivity contribution in [2.75, 3.05) is 26.3 Å². The fourth-order valence-corrected chi connectivity index (χ4v) is 2.73. The van der Waals surface area contributed by atoms with Gasteiger partial charge in [0.15, 0.2) is 11.5 Å². The molecule has 1 N–H and O–H groups in total. The van der Waals surface area contributed by atoms with Crippen molar-refractivity contribution >= 4 is 11.9 Å². The van der Waals surface area contributed by atoms with Crippen LogP contribution < -0.4 is 9.47 Å². The number of hydrogen-bond donors (Lipinski definition) is 1. The second-order valence-corrected chi connectivity index (χ2v) is 6.29. The van der Waals surface area contributed by atoms with Crippen LogP contribution in [0.1, 0.15) is 44.0 Å². The van der Waals surface area contributed by atoms with Gasteiger partial charge in [-0.1, -0.05) is 6.92 Å². The molecule has 1 aromatic rings. The average Bonchev–Trinajstić information content (AvgIpc) is 2.97. The lowest BCUT2D eigenvalue weighted by molar-refractivity contribution is -0.147. The monoisotopic (exact) mass is 335 g/mol. The highest BCUT2D eigenvalue weighted by Crippen LogP contribution is 2.33. The Morgan fingerprint density at radius 3 is 2.58 bits per heavy atom. The predicted molar refractivity (Wildman–Crippen MR) is 89.7 cm³/mol. The van der Waals surface area contributed by atoms with Crippen molar-refractivity contribution in [1.82, 2.24) is 4.90 Å². The van der Waals surface area contributed by atoms with Crippen molar-refractivity contribution in [2.45, 2.75) is 33.6 Å². The van der Waals surface area contributed by atoms with Crippen LogP contribution in [0.3, 0.4) is 0 Å². The molecule has 1 unspecified atom stereocenters. The van der Waals surface area contributed by atoms with Gasteiger partial charge in [-0.2, -0.15) is 0 Å². The Bertz CT molecular complexity index is 615. The number of rotatable bonds is 7. The molecule has 132 valence electrons. The van der Waals surface area contributed by atoms with Crippen LogP contribution in [-0.2, 0) is 4.79 Å². The van der Waals surface area contributed by atoms with E-state index < -0.39 is 11.4 Å². The summed E-state index contributed by atoms with van der Waals surface area (Å²) in [4.78, 5) is 25.6. The summed E-state index contributed by atoms with van der Waals surface area (Å²) < 4.78 is 11.2. The summed E-state index contributed by atoms with van der Waals surface area (Å²) in [5.74, 6) is 0.114. The number of likely N-dealkylation sites (tertiary alicyclic amines) is 1. The van der Waals surface area contributed by atoms with Gasteiger partial charge in [-0.25, -0.2) is 0 Å². The summed E-state index contributed by atoms with van der Waals surface area (Å²) in [6.45, 7) is 7.29. The van der Waals surface area contributed by atoms with Crippen LogP contribution in [0.25, 0.3) is 0 Å². The van der Waals surface area contributed by atoms with Gasteiger partial charge in [0.1, 0.15) is 0 Å². The maximum Gasteiger partial charge on any atom is 0.311 e. The first kappa shape index (κ1) is 18.1. The number of carbonyl (C=O) groups excluding carboxylic acids is 1. The molecule has 24 heavy (non-hydrogen) atoms. The molecule has 2 rings (SSSR count). The first-order chi connectivity index (χ1) is 11.4. The Morgan fingerprint density at radius 2 is 2.00 bits per heavy atom. The van der Waals surface area contributed by atoms with E-state index in [-0.39, 0.29) is 12.5 Å². The molecule has 1 fully saturated rings. The summed E-state index contributed by atoms with van der Waals surface area (Å²) in [6, 6.07) is 5.11. The Hall–Kier alpha value is -2.24. The lowest BCUT2D eigenvalue weighted by atomic mass is 9.90. The molecule has 0 aliphatic carbocycles. The summed E-state index contributed by atoms with van der Waals surface area (Å²) >= 11 is 0.